The molecular formula is C42H52N8O8. The number of carbonyl (C=O) groups excluding carboxylic acids is 4. The molecule has 1 spiro atoms. The number of nitrogens with zero attached hydrogens (tertiary/aromatic N) is 4. The van der Waals surface area contributed by atoms with Gasteiger partial charge in [0.25, 0.3) is 0 Å². The number of aromatic nitrogens is 4. The second-order valence-corrected chi connectivity index (χ2v) is 15.7. The molecule has 3 saturated heterocycles. The molecule has 4 atom stereocenters. The number of likely N-dealkylation sites (tertiary alicyclic amines) is 2. The van der Waals surface area contributed by atoms with Crippen LogP contribution in [0.25, 0.3) is 33.6 Å². The average molecular weight is 797 g/mol. The predicted molar refractivity (Wildman–Crippen MR) is 213 cm³/mol. The van der Waals surface area contributed by atoms with Crippen molar-refractivity contribution in [1.29, 1.82) is 0 Å². The predicted octanol–water partition coefficient (Wildman–Crippen LogP) is 5.58. The molecule has 16 nitrogen and oxygen atoms in total. The number of aromatic amines is 2. The average Bonchev–Trinajstić information content (AvgIpc) is 4.09. The van der Waals surface area contributed by atoms with Crippen LogP contribution in [-0.2, 0) is 28.5 Å². The van der Waals surface area contributed by atoms with Crippen LogP contribution in [-0.4, -0.2) is 112 Å². The van der Waals surface area contributed by atoms with Crippen molar-refractivity contribution in [3.05, 3.63) is 72.6 Å². The molecule has 4 N–H and O–H groups in total. The van der Waals surface area contributed by atoms with Crippen molar-refractivity contribution < 1.29 is 38.1 Å². The quantitative estimate of drug-likeness (QED) is 0.149. The largest absolute Gasteiger partial charge is 0.453 e. The van der Waals surface area contributed by atoms with Gasteiger partial charge < -0.3 is 49.3 Å². The van der Waals surface area contributed by atoms with Crippen LogP contribution in [0.4, 0.5) is 9.59 Å². The molecule has 4 unspecified atom stereocenters. The van der Waals surface area contributed by atoms with Crippen LogP contribution in [0.1, 0.15) is 70.7 Å². The van der Waals surface area contributed by atoms with E-state index in [9.17, 15) is 19.2 Å². The number of amides is 4. The monoisotopic (exact) mass is 796 g/mol. The van der Waals surface area contributed by atoms with E-state index >= 15 is 0 Å². The SMILES string of the molecule is COC(=O)NC(C(=O)N1CCCC1c1ncc(-c2ccc(-c3ccc(-c4cnc(C5CC6(CN5C(=O)C(NC(=O)OC)C(C)C)OCCO6)[nH]4)cc3)cc2)[nH]1)C(C)C. The van der Waals surface area contributed by atoms with Crippen LogP contribution in [0.3, 0.4) is 0 Å². The van der Waals surface area contributed by atoms with Crippen LogP contribution in [0.5, 0.6) is 0 Å². The van der Waals surface area contributed by atoms with Crippen LogP contribution >= 0.6 is 0 Å². The number of rotatable bonds is 11. The molecule has 3 aliphatic rings. The fourth-order valence-corrected chi connectivity index (χ4v) is 8.08. The van der Waals surface area contributed by atoms with Gasteiger partial charge in [0.2, 0.25) is 11.8 Å². The summed E-state index contributed by atoms with van der Waals surface area (Å²) in [6.07, 6.45) is 4.26. The lowest BCUT2D eigenvalue weighted by atomic mass is 10.0. The third-order valence-corrected chi connectivity index (χ3v) is 11.3. The van der Waals surface area contributed by atoms with Crippen molar-refractivity contribution in [2.45, 2.75) is 76.9 Å². The molecule has 3 fully saturated rings. The topological polar surface area (TPSA) is 193 Å². The third-order valence-electron chi connectivity index (χ3n) is 11.3. The van der Waals surface area contributed by atoms with Gasteiger partial charge >= 0.3 is 12.2 Å². The fourth-order valence-electron chi connectivity index (χ4n) is 8.08. The Labute approximate surface area is 337 Å². The lowest BCUT2D eigenvalue weighted by Crippen LogP contribution is -2.52. The zero-order valence-corrected chi connectivity index (χ0v) is 33.7. The van der Waals surface area contributed by atoms with E-state index in [1.54, 1.807) is 22.2 Å². The van der Waals surface area contributed by atoms with Crippen molar-refractivity contribution in [1.82, 2.24) is 40.4 Å². The normalized spacial score (nSPS) is 19.8. The van der Waals surface area contributed by atoms with E-state index in [-0.39, 0.29) is 36.2 Å². The first kappa shape index (κ1) is 40.5. The Hall–Kier alpha value is -5.74. The number of ether oxygens (including phenoxy) is 4. The Morgan fingerprint density at radius 2 is 1.16 bits per heavy atom. The molecule has 0 aliphatic carbocycles. The van der Waals surface area contributed by atoms with E-state index in [2.05, 4.69) is 49.9 Å². The zero-order chi connectivity index (χ0) is 41.1. The minimum Gasteiger partial charge on any atom is -0.453 e. The molecule has 2 aromatic carbocycles. The number of benzene rings is 2. The number of nitrogens with one attached hydrogen (secondary N) is 4. The van der Waals surface area contributed by atoms with Gasteiger partial charge in [-0.25, -0.2) is 19.6 Å². The number of alkyl carbamates (subject to hydrolysis) is 2. The number of imidazole rings is 2. The highest BCUT2D eigenvalue weighted by molar-refractivity contribution is 5.87. The first-order valence-corrected chi connectivity index (χ1v) is 19.8. The maximum atomic E-state index is 13.9. The lowest BCUT2D eigenvalue weighted by Gasteiger charge is -2.30. The molecule has 4 amide bonds. The highest BCUT2D eigenvalue weighted by Crippen LogP contribution is 2.43. The van der Waals surface area contributed by atoms with Crippen molar-refractivity contribution in [2.24, 2.45) is 11.8 Å². The summed E-state index contributed by atoms with van der Waals surface area (Å²) in [5.74, 6) is -0.333. The highest BCUT2D eigenvalue weighted by Gasteiger charge is 2.52. The third kappa shape index (κ3) is 8.29. The molecule has 58 heavy (non-hydrogen) atoms. The van der Waals surface area contributed by atoms with E-state index < -0.39 is 36.1 Å². The molecule has 0 bridgehead atoms. The van der Waals surface area contributed by atoms with Gasteiger partial charge in [0, 0.05) is 13.0 Å². The fraction of sp³-hybridized carbons (Fsp3) is 0.476. The van der Waals surface area contributed by atoms with Crippen LogP contribution < -0.4 is 10.6 Å². The molecule has 7 rings (SSSR count). The van der Waals surface area contributed by atoms with Gasteiger partial charge in [-0.05, 0) is 46.9 Å². The van der Waals surface area contributed by atoms with Crippen molar-refractivity contribution in [2.75, 3.05) is 40.5 Å². The first-order chi connectivity index (χ1) is 27.9. The second kappa shape index (κ2) is 17.0. The minimum absolute atomic E-state index is 0.112. The van der Waals surface area contributed by atoms with E-state index in [0.717, 1.165) is 46.5 Å². The van der Waals surface area contributed by atoms with Gasteiger partial charge in [-0.2, -0.15) is 0 Å². The van der Waals surface area contributed by atoms with E-state index in [1.165, 1.54) is 14.2 Å². The van der Waals surface area contributed by atoms with E-state index in [1.807, 2.05) is 52.0 Å². The molecule has 308 valence electrons. The summed E-state index contributed by atoms with van der Waals surface area (Å²) in [5, 5.41) is 5.38. The van der Waals surface area contributed by atoms with E-state index in [0.29, 0.717) is 37.8 Å². The highest BCUT2D eigenvalue weighted by atomic mass is 16.7. The van der Waals surface area contributed by atoms with E-state index in [4.69, 9.17) is 23.9 Å². The minimum atomic E-state index is -0.933. The van der Waals surface area contributed by atoms with Gasteiger partial charge in [-0.3, -0.25) is 9.59 Å². The van der Waals surface area contributed by atoms with Gasteiger partial charge in [-0.15, -0.1) is 0 Å². The summed E-state index contributed by atoms with van der Waals surface area (Å²) in [4.78, 5) is 71.3. The lowest BCUT2D eigenvalue weighted by molar-refractivity contribution is -0.153. The molecule has 5 heterocycles. The molecular weight excluding hydrogens is 745 g/mol. The smallest absolute Gasteiger partial charge is 0.407 e. The standard InChI is InChI=1S/C42H52N8O8/c1-24(2)34(47-40(53)55-5)38(51)49-17-7-8-32(49)36-43-21-30(45-36)28-13-9-26(10-14-28)27-11-15-29(16-12-27)31-22-44-37(46-31)33-20-42(57-18-19-58-42)23-50(33)39(52)35(25(3)4)48-41(54)56-6/h9-16,21-22,24-25,32-35H,7-8,17-20,23H2,1-6H3,(H,43,45)(H,44,46)(H,47,53)(H,48,54). The number of methoxy groups -OCH3 is 2. The number of hydrogen-bond donors (Lipinski definition) is 4. The molecule has 3 aliphatic heterocycles. The molecule has 0 saturated carbocycles. The maximum Gasteiger partial charge on any atom is 0.407 e. The Kier molecular flexibility index (Phi) is 11.9. The summed E-state index contributed by atoms with van der Waals surface area (Å²) in [7, 11) is 2.56. The Bertz CT molecular complexity index is 2090. The molecule has 2 aromatic heterocycles. The number of H-pyrrole nitrogens is 2. The van der Waals surface area contributed by atoms with Crippen molar-refractivity contribution >= 4 is 24.0 Å². The van der Waals surface area contributed by atoms with Gasteiger partial charge in [-0.1, -0.05) is 76.2 Å². The van der Waals surface area contributed by atoms with Gasteiger partial charge in [0.15, 0.2) is 5.79 Å². The van der Waals surface area contributed by atoms with Gasteiger partial charge in [0.05, 0.1) is 69.8 Å². The Balaban J connectivity index is 1.03. The Morgan fingerprint density at radius 3 is 1.62 bits per heavy atom. The summed E-state index contributed by atoms with van der Waals surface area (Å²) in [5.41, 5.74) is 5.59. The molecule has 0 radical (unpaired) electrons. The summed E-state index contributed by atoms with van der Waals surface area (Å²) in [6, 6.07) is 14.2. The number of carbonyl (C=O) groups is 4. The molecule has 16 heteroatoms. The summed E-state index contributed by atoms with van der Waals surface area (Å²) >= 11 is 0. The van der Waals surface area contributed by atoms with Crippen LogP contribution in [0.2, 0.25) is 0 Å². The van der Waals surface area contributed by atoms with Gasteiger partial charge in [0.1, 0.15) is 23.7 Å². The van der Waals surface area contributed by atoms with Crippen LogP contribution in [0.15, 0.2) is 60.9 Å². The number of hydrogen-bond acceptors (Lipinski definition) is 10. The maximum absolute atomic E-state index is 13.9. The van der Waals surface area contributed by atoms with Crippen molar-refractivity contribution in [3.63, 3.8) is 0 Å². The zero-order valence-electron chi connectivity index (χ0n) is 33.7. The molecule has 4 aromatic rings. The second-order valence-electron chi connectivity index (χ2n) is 15.7. The van der Waals surface area contributed by atoms with Crippen LogP contribution in [0, 0.1) is 11.8 Å². The Morgan fingerprint density at radius 1 is 0.707 bits per heavy atom. The summed E-state index contributed by atoms with van der Waals surface area (Å²) in [6.45, 7) is 9.20. The van der Waals surface area contributed by atoms with Crippen molar-refractivity contribution in [3.8, 4) is 33.6 Å². The summed E-state index contributed by atoms with van der Waals surface area (Å²) < 4.78 is 21.6. The first-order valence-electron chi connectivity index (χ1n) is 19.8.